The van der Waals surface area contributed by atoms with E-state index in [0.717, 1.165) is 24.2 Å². The van der Waals surface area contributed by atoms with Gasteiger partial charge in [0.15, 0.2) is 0 Å². The third-order valence-electron chi connectivity index (χ3n) is 7.14. The minimum atomic E-state index is -0.671. The van der Waals surface area contributed by atoms with Crippen molar-refractivity contribution < 1.29 is 18.8 Å². The molecule has 34 heavy (non-hydrogen) atoms. The number of methoxy groups -OCH3 is 1. The van der Waals surface area contributed by atoms with Crippen LogP contribution in [0.25, 0.3) is 0 Å². The summed E-state index contributed by atoms with van der Waals surface area (Å²) in [4.78, 5) is 21.8. The Morgan fingerprint density at radius 3 is 2.44 bits per heavy atom. The van der Waals surface area contributed by atoms with Gasteiger partial charge in [0.25, 0.3) is 0 Å². The summed E-state index contributed by atoms with van der Waals surface area (Å²) in [7, 11) is 0.693. The maximum absolute atomic E-state index is 12.6. The van der Waals surface area contributed by atoms with Crippen LogP contribution in [0.3, 0.4) is 0 Å². The average molecular weight is 466 g/mol. The average Bonchev–Trinajstić information content (AvgIpc) is 3.02. The van der Waals surface area contributed by atoms with Crippen LogP contribution in [0.4, 0.5) is 17.5 Å². The van der Waals surface area contributed by atoms with Crippen LogP contribution in [-0.2, 0) is 14.0 Å². The molecule has 2 fully saturated rings. The van der Waals surface area contributed by atoms with Gasteiger partial charge in [0, 0.05) is 23.5 Å². The quantitative estimate of drug-likeness (QED) is 0.479. The molecule has 0 spiro atoms. The fraction of sp³-hybridized carbons (Fsp3) is 0.560. The Morgan fingerprint density at radius 1 is 1.12 bits per heavy atom. The fourth-order valence-corrected chi connectivity index (χ4v) is 4.31. The molecule has 1 aromatic carbocycles. The lowest BCUT2D eigenvalue weighted by Crippen LogP contribution is -2.41. The first-order valence-corrected chi connectivity index (χ1v) is 12.0. The van der Waals surface area contributed by atoms with Gasteiger partial charge >= 0.3 is 13.1 Å². The zero-order valence-corrected chi connectivity index (χ0v) is 21.0. The number of aromatic nitrogens is 2. The highest BCUT2D eigenvalue weighted by Gasteiger charge is 2.52. The Morgan fingerprint density at radius 2 is 1.79 bits per heavy atom. The highest BCUT2D eigenvalue weighted by Crippen LogP contribution is 2.37. The number of hydrogen-bond acceptors (Lipinski definition) is 8. The maximum atomic E-state index is 12.6. The lowest BCUT2D eigenvalue weighted by Gasteiger charge is -2.32. The summed E-state index contributed by atoms with van der Waals surface area (Å²) in [5, 5.41) is 6.80. The molecule has 0 radical (unpaired) electrons. The second-order valence-electron chi connectivity index (χ2n) is 10.2. The van der Waals surface area contributed by atoms with Crippen molar-refractivity contribution in [2.45, 2.75) is 84.0 Å². The third kappa shape index (κ3) is 5.05. The predicted molar refractivity (Wildman–Crippen MR) is 134 cm³/mol. The zero-order valence-electron chi connectivity index (χ0n) is 21.0. The molecule has 1 aromatic heterocycles. The molecule has 1 aliphatic heterocycles. The van der Waals surface area contributed by atoms with Crippen molar-refractivity contribution in [3.63, 3.8) is 0 Å². The molecular formula is C25H35BN4O4. The molecule has 2 aliphatic rings. The van der Waals surface area contributed by atoms with Crippen molar-refractivity contribution in [3.8, 4) is 0 Å². The summed E-state index contributed by atoms with van der Waals surface area (Å²) >= 11 is 0. The Hall–Kier alpha value is -2.65. The number of ether oxygens (including phenoxy) is 1. The zero-order chi connectivity index (χ0) is 24.5. The summed E-state index contributed by atoms with van der Waals surface area (Å²) in [6.07, 6.45) is 7.93. The van der Waals surface area contributed by atoms with Gasteiger partial charge in [-0.3, -0.25) is 0 Å². The summed E-state index contributed by atoms with van der Waals surface area (Å²) in [6.45, 7) is 9.93. The van der Waals surface area contributed by atoms with E-state index >= 15 is 0 Å². The van der Waals surface area contributed by atoms with E-state index in [1.807, 2.05) is 46.8 Å². The van der Waals surface area contributed by atoms with Gasteiger partial charge < -0.3 is 24.7 Å². The first-order valence-electron chi connectivity index (χ1n) is 12.0. The van der Waals surface area contributed by atoms with E-state index in [2.05, 4.69) is 15.6 Å². The molecule has 8 nitrogen and oxygen atoms in total. The number of benzene rings is 1. The smallest absolute Gasteiger partial charge is 0.465 e. The minimum absolute atomic E-state index is 0.374. The fourth-order valence-electron chi connectivity index (χ4n) is 4.31. The van der Waals surface area contributed by atoms with Gasteiger partial charge in [0.05, 0.1) is 23.9 Å². The Kier molecular flexibility index (Phi) is 6.87. The Balaban J connectivity index is 1.57. The number of rotatable bonds is 6. The molecule has 0 atom stereocenters. The van der Waals surface area contributed by atoms with E-state index in [1.54, 1.807) is 12.3 Å². The van der Waals surface area contributed by atoms with Crippen molar-refractivity contribution >= 4 is 36.0 Å². The van der Waals surface area contributed by atoms with Gasteiger partial charge in [0.1, 0.15) is 5.82 Å². The molecule has 0 unspecified atom stereocenters. The van der Waals surface area contributed by atoms with Crippen LogP contribution < -0.4 is 16.1 Å². The molecule has 4 rings (SSSR count). The van der Waals surface area contributed by atoms with Gasteiger partial charge in [-0.25, -0.2) is 9.78 Å². The predicted octanol–water partition coefficient (Wildman–Crippen LogP) is 4.36. The van der Waals surface area contributed by atoms with Gasteiger partial charge in [0.2, 0.25) is 5.95 Å². The molecule has 1 saturated heterocycles. The molecule has 2 heterocycles. The first kappa shape index (κ1) is 24.5. The summed E-state index contributed by atoms with van der Waals surface area (Å²) in [5.41, 5.74) is 1.65. The molecule has 182 valence electrons. The van der Waals surface area contributed by atoms with Crippen LogP contribution in [0.15, 0.2) is 24.4 Å². The molecule has 9 heteroatoms. The largest absolute Gasteiger partial charge is 0.495 e. The molecule has 0 bridgehead atoms. The maximum Gasteiger partial charge on any atom is 0.495 e. The van der Waals surface area contributed by atoms with E-state index in [9.17, 15) is 4.79 Å². The van der Waals surface area contributed by atoms with Crippen LogP contribution in [0, 0.1) is 6.92 Å². The third-order valence-corrected chi connectivity index (χ3v) is 7.14. The second kappa shape index (κ2) is 9.54. The van der Waals surface area contributed by atoms with Crippen molar-refractivity contribution in [1.29, 1.82) is 0 Å². The number of carbonyl (C=O) groups is 1. The normalized spacial score (nSPS) is 19.6. The summed E-state index contributed by atoms with van der Waals surface area (Å²) in [5.74, 6) is 0.840. The van der Waals surface area contributed by atoms with E-state index in [0.29, 0.717) is 28.7 Å². The van der Waals surface area contributed by atoms with E-state index < -0.39 is 24.3 Å². The SMILES string of the molecule is COC(=O)c1cc(Nc2ncc(C)c(NC3CCCCC3)n2)ccc1B1OC(C)(C)C(C)(C)O1. The topological polar surface area (TPSA) is 94.6 Å². The Bertz CT molecular complexity index is 1040. The molecule has 2 aromatic rings. The number of aryl methyl sites for hydroxylation is 1. The number of esters is 1. The molecule has 2 N–H and O–H groups in total. The second-order valence-corrected chi connectivity index (χ2v) is 10.2. The molecule has 1 saturated carbocycles. The van der Waals surface area contributed by atoms with Gasteiger partial charge in [-0.2, -0.15) is 4.98 Å². The lowest BCUT2D eigenvalue weighted by atomic mass is 9.75. The standard InChI is InChI=1S/C25H35BN4O4/c1-16-15-27-23(30-21(16)28-17-10-8-7-9-11-17)29-18-12-13-20(19(14-18)22(31)32-6)26-33-24(2,3)25(4,5)34-26/h12-15,17H,7-11H2,1-6H3,(H2,27,28,29,30). The first-order chi connectivity index (χ1) is 16.1. The van der Waals surface area contributed by atoms with E-state index in [-0.39, 0.29) is 0 Å². The van der Waals surface area contributed by atoms with Crippen LogP contribution in [0.5, 0.6) is 0 Å². The molecule has 0 amide bonds. The number of nitrogens with one attached hydrogen (secondary N) is 2. The van der Waals surface area contributed by atoms with Crippen LogP contribution >= 0.6 is 0 Å². The molecular weight excluding hydrogens is 431 g/mol. The van der Waals surface area contributed by atoms with Gasteiger partial charge in [-0.1, -0.05) is 25.3 Å². The van der Waals surface area contributed by atoms with Crippen molar-refractivity contribution in [1.82, 2.24) is 9.97 Å². The minimum Gasteiger partial charge on any atom is -0.465 e. The van der Waals surface area contributed by atoms with Crippen molar-refractivity contribution in [2.75, 3.05) is 17.7 Å². The number of nitrogens with zero attached hydrogens (tertiary/aromatic N) is 2. The van der Waals surface area contributed by atoms with Crippen molar-refractivity contribution in [3.05, 3.63) is 35.5 Å². The number of anilines is 3. The van der Waals surface area contributed by atoms with Gasteiger partial charge in [-0.05, 0) is 65.1 Å². The Labute approximate surface area is 202 Å². The van der Waals surface area contributed by atoms with Crippen LogP contribution in [0.2, 0.25) is 0 Å². The van der Waals surface area contributed by atoms with E-state index in [4.69, 9.17) is 19.0 Å². The number of hydrogen-bond donors (Lipinski definition) is 2. The highest BCUT2D eigenvalue weighted by molar-refractivity contribution is 6.63. The number of carbonyl (C=O) groups excluding carboxylic acids is 1. The molecule has 1 aliphatic carbocycles. The van der Waals surface area contributed by atoms with Crippen molar-refractivity contribution in [2.24, 2.45) is 0 Å². The summed E-state index contributed by atoms with van der Waals surface area (Å²) in [6, 6.07) is 5.86. The van der Waals surface area contributed by atoms with Crippen LogP contribution in [-0.4, -0.2) is 47.4 Å². The highest BCUT2D eigenvalue weighted by atomic mass is 16.7. The monoisotopic (exact) mass is 466 g/mol. The van der Waals surface area contributed by atoms with E-state index in [1.165, 1.54) is 26.4 Å². The van der Waals surface area contributed by atoms with Gasteiger partial charge in [-0.15, -0.1) is 0 Å². The van der Waals surface area contributed by atoms with Crippen LogP contribution in [0.1, 0.15) is 75.7 Å². The summed E-state index contributed by atoms with van der Waals surface area (Å²) < 4.78 is 17.4. The lowest BCUT2D eigenvalue weighted by molar-refractivity contribution is 0.00578.